The van der Waals surface area contributed by atoms with E-state index in [4.69, 9.17) is 5.73 Å². The van der Waals surface area contributed by atoms with Gasteiger partial charge in [-0.25, -0.2) is 0 Å². The third-order valence-corrected chi connectivity index (χ3v) is 4.86. The minimum Gasteiger partial charge on any atom is -0.404 e. The van der Waals surface area contributed by atoms with Crippen LogP contribution in [0.2, 0.25) is 0 Å². The second-order valence-electron chi connectivity index (χ2n) is 5.87. The second kappa shape index (κ2) is 6.64. The summed E-state index contributed by atoms with van der Waals surface area (Å²) in [6.45, 7) is 1.97. The Morgan fingerprint density at radius 1 is 1.31 bits per heavy atom. The summed E-state index contributed by atoms with van der Waals surface area (Å²) >= 11 is 1.54. The summed E-state index contributed by atoms with van der Waals surface area (Å²) in [5.41, 5.74) is 9.53. The van der Waals surface area contributed by atoms with Crippen molar-refractivity contribution in [1.82, 2.24) is 24.8 Å². The van der Waals surface area contributed by atoms with Gasteiger partial charge in [-0.15, -0.1) is 10.2 Å². The lowest BCUT2D eigenvalue weighted by atomic mass is 10.0. The molecule has 26 heavy (non-hydrogen) atoms. The lowest BCUT2D eigenvalue weighted by molar-refractivity contribution is 0.840. The molecule has 0 spiro atoms. The van der Waals surface area contributed by atoms with Gasteiger partial charge in [0.05, 0.1) is 5.52 Å². The zero-order chi connectivity index (χ0) is 18.1. The van der Waals surface area contributed by atoms with Crippen LogP contribution in [0.1, 0.15) is 22.0 Å². The summed E-state index contributed by atoms with van der Waals surface area (Å²) in [6, 6.07) is 8.25. The first-order valence-electron chi connectivity index (χ1n) is 8.09. The molecule has 0 saturated carbocycles. The van der Waals surface area contributed by atoms with Crippen molar-refractivity contribution in [3.05, 3.63) is 58.6 Å². The monoisotopic (exact) mass is 363 g/mol. The zero-order valence-corrected chi connectivity index (χ0v) is 15.2. The number of fused-ring (bicyclic) bond motifs is 2. The van der Waals surface area contributed by atoms with E-state index in [0.29, 0.717) is 6.42 Å². The zero-order valence-electron chi connectivity index (χ0n) is 14.4. The Kier molecular flexibility index (Phi) is 4.18. The number of nitrogens with zero attached hydrogens (tertiary/aromatic N) is 6. The average Bonchev–Trinajstić information content (AvgIpc) is 3.19. The standard InChI is InChI=1S/C18H17N7S/c1-11-24-25-17(22-23-18(25)26-11)6-12-3-4-16-13(5-12)7-14(10-21-16)15(8-19)9-20-2/h3-5,7-10H,6,19H2,1-2H3/b15-8+,20-9?. The van der Waals surface area contributed by atoms with Gasteiger partial charge in [-0.3, -0.25) is 9.98 Å². The largest absolute Gasteiger partial charge is 0.404 e. The van der Waals surface area contributed by atoms with Crippen LogP contribution in [0.4, 0.5) is 0 Å². The van der Waals surface area contributed by atoms with Gasteiger partial charge in [-0.2, -0.15) is 9.61 Å². The predicted octanol–water partition coefficient (Wildman–Crippen LogP) is 2.63. The first-order valence-corrected chi connectivity index (χ1v) is 8.90. The number of rotatable bonds is 4. The van der Waals surface area contributed by atoms with Crippen LogP contribution in [0.3, 0.4) is 0 Å². The summed E-state index contributed by atoms with van der Waals surface area (Å²) in [4.78, 5) is 9.38. The van der Waals surface area contributed by atoms with E-state index >= 15 is 0 Å². The summed E-state index contributed by atoms with van der Waals surface area (Å²) < 4.78 is 1.81. The number of aryl methyl sites for hydroxylation is 1. The smallest absolute Gasteiger partial charge is 0.234 e. The molecule has 4 rings (SSSR count). The molecule has 0 atom stereocenters. The Bertz CT molecular complexity index is 1150. The fourth-order valence-corrected chi connectivity index (χ4v) is 3.55. The fraction of sp³-hybridized carbons (Fsp3) is 0.167. The van der Waals surface area contributed by atoms with Crippen LogP contribution in [-0.2, 0) is 6.42 Å². The van der Waals surface area contributed by atoms with E-state index in [1.165, 1.54) is 17.5 Å². The second-order valence-corrected chi connectivity index (χ2v) is 7.03. The van der Waals surface area contributed by atoms with E-state index in [0.717, 1.165) is 43.4 Å². The Labute approximate surface area is 153 Å². The molecule has 0 aliphatic heterocycles. The molecule has 7 nitrogen and oxygen atoms in total. The molecule has 3 heterocycles. The van der Waals surface area contributed by atoms with E-state index in [-0.39, 0.29) is 0 Å². The van der Waals surface area contributed by atoms with Gasteiger partial charge in [0.1, 0.15) is 5.01 Å². The maximum atomic E-state index is 5.70. The Morgan fingerprint density at radius 2 is 2.19 bits per heavy atom. The van der Waals surface area contributed by atoms with E-state index < -0.39 is 0 Å². The van der Waals surface area contributed by atoms with Gasteiger partial charge in [-0.1, -0.05) is 17.4 Å². The number of allylic oxidation sites excluding steroid dienone is 1. The number of hydrogen-bond donors (Lipinski definition) is 1. The van der Waals surface area contributed by atoms with Gasteiger partial charge in [0, 0.05) is 48.6 Å². The Balaban J connectivity index is 1.72. The van der Waals surface area contributed by atoms with Gasteiger partial charge in [-0.05, 0) is 30.7 Å². The number of hydrogen-bond acceptors (Lipinski definition) is 7. The van der Waals surface area contributed by atoms with Crippen molar-refractivity contribution in [3.63, 3.8) is 0 Å². The molecule has 0 unspecified atom stereocenters. The van der Waals surface area contributed by atoms with Crippen LogP contribution in [0.5, 0.6) is 0 Å². The number of nitrogens with two attached hydrogens (primary N) is 1. The quantitative estimate of drug-likeness (QED) is 0.563. The normalized spacial score (nSPS) is 12.6. The first-order chi connectivity index (χ1) is 12.7. The highest BCUT2D eigenvalue weighted by atomic mass is 32.1. The third-order valence-electron chi connectivity index (χ3n) is 4.05. The van der Waals surface area contributed by atoms with Gasteiger partial charge in [0.15, 0.2) is 5.82 Å². The van der Waals surface area contributed by atoms with Crippen molar-refractivity contribution >= 4 is 39.0 Å². The summed E-state index contributed by atoms with van der Waals surface area (Å²) in [5.74, 6) is 0.827. The molecule has 0 aliphatic carbocycles. The van der Waals surface area contributed by atoms with E-state index in [1.54, 1.807) is 13.3 Å². The van der Waals surface area contributed by atoms with Crippen LogP contribution < -0.4 is 5.73 Å². The van der Waals surface area contributed by atoms with Crippen molar-refractivity contribution in [1.29, 1.82) is 0 Å². The minimum absolute atomic E-state index is 0.653. The van der Waals surface area contributed by atoms with E-state index in [2.05, 4.69) is 43.5 Å². The topological polar surface area (TPSA) is 94.3 Å². The molecular weight excluding hydrogens is 346 g/mol. The maximum absolute atomic E-state index is 5.70. The molecule has 0 saturated heterocycles. The maximum Gasteiger partial charge on any atom is 0.234 e. The van der Waals surface area contributed by atoms with Crippen molar-refractivity contribution in [2.45, 2.75) is 13.3 Å². The van der Waals surface area contributed by atoms with Crippen LogP contribution in [0.25, 0.3) is 21.4 Å². The highest BCUT2D eigenvalue weighted by Gasteiger charge is 2.11. The van der Waals surface area contributed by atoms with Crippen LogP contribution in [0, 0.1) is 6.92 Å². The molecule has 0 aliphatic rings. The van der Waals surface area contributed by atoms with Crippen LogP contribution in [-0.4, -0.2) is 38.1 Å². The lowest BCUT2D eigenvalue weighted by Crippen LogP contribution is -1.98. The highest BCUT2D eigenvalue weighted by Crippen LogP contribution is 2.21. The number of benzene rings is 1. The number of aliphatic imine (C=N–C) groups is 1. The summed E-state index contributed by atoms with van der Waals surface area (Å²) in [5, 5.41) is 14.9. The Hall–Kier alpha value is -3.13. The van der Waals surface area contributed by atoms with Gasteiger partial charge < -0.3 is 5.73 Å². The van der Waals surface area contributed by atoms with Crippen molar-refractivity contribution in [2.24, 2.45) is 10.7 Å². The third kappa shape index (κ3) is 2.95. The molecule has 130 valence electrons. The predicted molar refractivity (Wildman–Crippen MR) is 105 cm³/mol. The van der Waals surface area contributed by atoms with E-state index in [1.807, 2.05) is 23.7 Å². The van der Waals surface area contributed by atoms with Crippen molar-refractivity contribution < 1.29 is 0 Å². The molecule has 8 heteroatoms. The van der Waals surface area contributed by atoms with Crippen LogP contribution in [0.15, 0.2) is 41.7 Å². The van der Waals surface area contributed by atoms with Crippen LogP contribution >= 0.6 is 11.3 Å². The van der Waals surface area contributed by atoms with E-state index in [9.17, 15) is 0 Å². The SMILES string of the molecule is CN=C/C(=C\N)c1cnc2ccc(Cc3nnc4sc(C)nn34)cc2c1. The fourth-order valence-electron chi connectivity index (χ4n) is 2.85. The summed E-state index contributed by atoms with van der Waals surface area (Å²) in [7, 11) is 1.72. The Morgan fingerprint density at radius 3 is 3.00 bits per heavy atom. The first kappa shape index (κ1) is 16.3. The van der Waals surface area contributed by atoms with Gasteiger partial charge >= 0.3 is 0 Å². The highest BCUT2D eigenvalue weighted by molar-refractivity contribution is 7.16. The molecule has 0 radical (unpaired) electrons. The molecule has 0 bridgehead atoms. The molecule has 3 aromatic heterocycles. The molecule has 4 aromatic rings. The average molecular weight is 363 g/mol. The van der Waals surface area contributed by atoms with Crippen molar-refractivity contribution in [2.75, 3.05) is 7.05 Å². The molecular formula is C18H17N7S. The summed E-state index contributed by atoms with van der Waals surface area (Å²) in [6.07, 6.45) is 5.73. The molecule has 0 fully saturated rings. The molecule has 1 aromatic carbocycles. The molecule has 0 amide bonds. The minimum atomic E-state index is 0.653. The lowest BCUT2D eigenvalue weighted by Gasteiger charge is -2.05. The van der Waals surface area contributed by atoms with Gasteiger partial charge in [0.25, 0.3) is 0 Å². The van der Waals surface area contributed by atoms with Crippen molar-refractivity contribution in [3.8, 4) is 0 Å². The molecule has 2 N–H and O–H groups in total. The number of aromatic nitrogens is 5. The van der Waals surface area contributed by atoms with Gasteiger partial charge in [0.2, 0.25) is 4.96 Å². The number of pyridine rings is 1.